The minimum absolute atomic E-state index is 0.0985. The van der Waals surface area contributed by atoms with Crippen LogP contribution >= 0.6 is 0 Å². The number of nitrogens with zero attached hydrogens (tertiary/aromatic N) is 4. The topological polar surface area (TPSA) is 88.8 Å². The number of benzene rings is 1. The maximum atomic E-state index is 12.2. The van der Waals surface area contributed by atoms with E-state index in [9.17, 15) is 4.79 Å². The van der Waals surface area contributed by atoms with E-state index in [2.05, 4.69) is 25.5 Å². The average molecular weight is 373 g/mol. The van der Waals surface area contributed by atoms with E-state index in [1.165, 1.54) is 0 Å². The van der Waals surface area contributed by atoms with Crippen molar-refractivity contribution < 1.29 is 9.53 Å². The van der Waals surface area contributed by atoms with Gasteiger partial charge in [0, 0.05) is 36.6 Å². The summed E-state index contributed by atoms with van der Waals surface area (Å²) in [6.45, 7) is 2.10. The van der Waals surface area contributed by atoms with Gasteiger partial charge in [-0.25, -0.2) is 10.4 Å². The molecule has 1 aromatic carbocycles. The number of aromatic nitrogens is 2. The minimum Gasteiger partial charge on any atom is -0.486 e. The van der Waals surface area contributed by atoms with Crippen LogP contribution in [-0.2, 0) is 0 Å². The molecular weight excluding hydrogens is 354 g/mol. The van der Waals surface area contributed by atoms with E-state index in [0.29, 0.717) is 17.1 Å². The van der Waals surface area contributed by atoms with Gasteiger partial charge in [0.25, 0.3) is 5.91 Å². The Hall–Kier alpha value is -3.87. The summed E-state index contributed by atoms with van der Waals surface area (Å²) in [6, 6.07) is 14.5. The Morgan fingerprint density at radius 1 is 1.00 bits per heavy atom. The highest BCUT2D eigenvalue weighted by molar-refractivity contribution is 5.98. The van der Waals surface area contributed by atoms with Crippen LogP contribution in [0.3, 0.4) is 0 Å². The number of hydrazone groups is 1. The van der Waals surface area contributed by atoms with Crippen molar-refractivity contribution in [3.8, 4) is 5.75 Å². The quantitative estimate of drug-likeness (QED) is 0.409. The van der Waals surface area contributed by atoms with Crippen molar-refractivity contribution in [1.29, 1.82) is 0 Å². The molecular formula is C21H19N5O2. The molecule has 0 unspecified atom stereocenters. The second-order valence-corrected chi connectivity index (χ2v) is 5.85. The van der Waals surface area contributed by atoms with Crippen molar-refractivity contribution in [2.24, 2.45) is 10.1 Å². The molecule has 7 nitrogen and oxygen atoms in total. The molecule has 1 amide bonds. The van der Waals surface area contributed by atoms with Gasteiger partial charge in [0.15, 0.2) is 5.84 Å². The first-order chi connectivity index (χ1) is 13.7. The molecule has 0 radical (unpaired) electrons. The number of hydrogen-bond donors (Lipinski definition) is 1. The first-order valence-corrected chi connectivity index (χ1v) is 8.61. The summed E-state index contributed by atoms with van der Waals surface area (Å²) in [5, 5.41) is 4.11. The molecule has 0 atom stereocenters. The van der Waals surface area contributed by atoms with Gasteiger partial charge in [-0.05, 0) is 48.9 Å². The van der Waals surface area contributed by atoms with Crippen LogP contribution in [0.4, 0.5) is 0 Å². The van der Waals surface area contributed by atoms with Crippen LogP contribution in [0, 0.1) is 6.92 Å². The van der Waals surface area contributed by atoms with Crippen LogP contribution in [0.2, 0.25) is 0 Å². The molecule has 0 fully saturated rings. The molecule has 0 aliphatic rings. The maximum absolute atomic E-state index is 12.2. The lowest BCUT2D eigenvalue weighted by Gasteiger charge is -2.07. The number of aliphatic imine (C=N–C) groups is 1. The number of carbonyl (C=O) groups is 1. The van der Waals surface area contributed by atoms with E-state index in [4.69, 9.17) is 4.74 Å². The monoisotopic (exact) mass is 373 g/mol. The SMILES string of the molecule is Cc1ccc(OC/C(N=Cc2ccncc2)=N/NC(=O)c2ccncc2)cc1. The summed E-state index contributed by atoms with van der Waals surface area (Å²) in [5.74, 6) is 0.659. The Morgan fingerprint density at radius 3 is 2.32 bits per heavy atom. The second kappa shape index (κ2) is 9.72. The predicted octanol–water partition coefficient (Wildman–Crippen LogP) is 3.03. The summed E-state index contributed by atoms with van der Waals surface area (Å²) in [4.78, 5) is 24.4. The molecule has 0 aliphatic carbocycles. The van der Waals surface area contributed by atoms with E-state index in [1.54, 1.807) is 43.1 Å². The summed E-state index contributed by atoms with van der Waals surface area (Å²) in [6.07, 6.45) is 8.07. The number of hydrogen-bond acceptors (Lipinski definition) is 5. The van der Waals surface area contributed by atoms with E-state index in [-0.39, 0.29) is 12.5 Å². The summed E-state index contributed by atoms with van der Waals surface area (Å²) < 4.78 is 5.73. The highest BCUT2D eigenvalue weighted by Gasteiger charge is 2.05. The van der Waals surface area contributed by atoms with E-state index in [1.807, 2.05) is 43.3 Å². The number of aryl methyl sites for hydroxylation is 1. The third-order valence-electron chi connectivity index (χ3n) is 3.69. The van der Waals surface area contributed by atoms with Gasteiger partial charge in [0.2, 0.25) is 0 Å². The number of nitrogens with one attached hydrogen (secondary N) is 1. The van der Waals surface area contributed by atoms with Gasteiger partial charge in [-0.1, -0.05) is 17.7 Å². The molecule has 7 heteroatoms. The van der Waals surface area contributed by atoms with Gasteiger partial charge in [0.1, 0.15) is 12.4 Å². The van der Waals surface area contributed by atoms with Crippen molar-refractivity contribution in [1.82, 2.24) is 15.4 Å². The number of amidine groups is 1. The Kier molecular flexibility index (Phi) is 6.57. The number of pyridine rings is 2. The second-order valence-electron chi connectivity index (χ2n) is 5.85. The van der Waals surface area contributed by atoms with Crippen LogP contribution in [-0.4, -0.2) is 34.5 Å². The van der Waals surface area contributed by atoms with E-state index < -0.39 is 0 Å². The minimum atomic E-state index is -0.352. The lowest BCUT2D eigenvalue weighted by atomic mass is 10.2. The number of rotatable bonds is 6. The Labute approximate surface area is 162 Å². The van der Waals surface area contributed by atoms with Crippen molar-refractivity contribution in [2.45, 2.75) is 6.92 Å². The van der Waals surface area contributed by atoms with Crippen molar-refractivity contribution in [2.75, 3.05) is 6.61 Å². The van der Waals surface area contributed by atoms with Crippen LogP contribution < -0.4 is 10.2 Å². The van der Waals surface area contributed by atoms with Crippen LogP contribution in [0.1, 0.15) is 21.5 Å². The predicted molar refractivity (Wildman–Crippen MR) is 108 cm³/mol. The molecule has 28 heavy (non-hydrogen) atoms. The lowest BCUT2D eigenvalue weighted by molar-refractivity contribution is 0.0954. The molecule has 140 valence electrons. The summed E-state index contributed by atoms with van der Waals surface area (Å²) in [7, 11) is 0. The fraction of sp³-hybridized carbons (Fsp3) is 0.0952. The molecule has 2 aromatic heterocycles. The average Bonchev–Trinajstić information content (AvgIpc) is 2.75. The van der Waals surface area contributed by atoms with Crippen molar-refractivity contribution >= 4 is 18.0 Å². The Morgan fingerprint density at radius 2 is 1.64 bits per heavy atom. The largest absolute Gasteiger partial charge is 0.486 e. The highest BCUT2D eigenvalue weighted by Crippen LogP contribution is 2.11. The van der Waals surface area contributed by atoms with Crippen LogP contribution in [0.25, 0.3) is 0 Å². The first-order valence-electron chi connectivity index (χ1n) is 8.61. The molecule has 0 bridgehead atoms. The molecule has 0 aliphatic heterocycles. The molecule has 0 saturated carbocycles. The zero-order valence-electron chi connectivity index (χ0n) is 15.3. The molecule has 0 saturated heterocycles. The van der Waals surface area contributed by atoms with Gasteiger partial charge in [-0.2, -0.15) is 5.10 Å². The normalized spacial score (nSPS) is 11.4. The fourth-order valence-electron chi connectivity index (χ4n) is 2.16. The first kappa shape index (κ1) is 18.9. The third-order valence-corrected chi connectivity index (χ3v) is 3.69. The molecule has 0 spiro atoms. The summed E-state index contributed by atoms with van der Waals surface area (Å²) >= 11 is 0. The Bertz CT molecular complexity index is 955. The Balaban J connectivity index is 1.72. The van der Waals surface area contributed by atoms with E-state index >= 15 is 0 Å². The number of ether oxygens (including phenoxy) is 1. The number of carbonyl (C=O) groups excluding carboxylic acids is 1. The lowest BCUT2D eigenvalue weighted by Crippen LogP contribution is -2.21. The van der Waals surface area contributed by atoms with Crippen molar-refractivity contribution in [3.05, 3.63) is 90.0 Å². The third kappa shape index (κ3) is 5.84. The molecule has 3 rings (SSSR count). The van der Waals surface area contributed by atoms with E-state index in [0.717, 1.165) is 11.1 Å². The number of amides is 1. The highest BCUT2D eigenvalue weighted by atomic mass is 16.5. The van der Waals surface area contributed by atoms with Gasteiger partial charge < -0.3 is 4.74 Å². The van der Waals surface area contributed by atoms with Gasteiger partial charge in [-0.3, -0.25) is 14.8 Å². The maximum Gasteiger partial charge on any atom is 0.271 e. The van der Waals surface area contributed by atoms with Gasteiger partial charge >= 0.3 is 0 Å². The van der Waals surface area contributed by atoms with Gasteiger partial charge in [0.05, 0.1) is 0 Å². The zero-order chi connectivity index (χ0) is 19.6. The molecule has 3 aromatic rings. The van der Waals surface area contributed by atoms with Crippen LogP contribution in [0.5, 0.6) is 5.75 Å². The zero-order valence-corrected chi connectivity index (χ0v) is 15.3. The fourth-order valence-corrected chi connectivity index (χ4v) is 2.16. The smallest absolute Gasteiger partial charge is 0.271 e. The van der Waals surface area contributed by atoms with Crippen LogP contribution in [0.15, 0.2) is 83.4 Å². The molecule has 2 heterocycles. The summed E-state index contributed by atoms with van der Waals surface area (Å²) in [5.41, 5.74) is 4.95. The van der Waals surface area contributed by atoms with Gasteiger partial charge in [-0.15, -0.1) is 0 Å². The standard InChI is InChI=1S/C21H19N5O2/c1-16-2-4-19(5-3-16)28-15-20(24-14-17-6-10-22-11-7-17)25-26-21(27)18-8-12-23-13-9-18/h2-14H,15H2,1H3,(H,26,27)/b24-14?,25-20-. The van der Waals surface area contributed by atoms with Crippen molar-refractivity contribution in [3.63, 3.8) is 0 Å². The molecule has 1 N–H and O–H groups in total.